The summed E-state index contributed by atoms with van der Waals surface area (Å²) in [5, 5.41) is 12.5. The van der Waals surface area contributed by atoms with Gasteiger partial charge in [-0.25, -0.2) is 9.99 Å². The molecule has 1 aromatic heterocycles. The Labute approximate surface area is 124 Å². The summed E-state index contributed by atoms with van der Waals surface area (Å²) in [4.78, 5) is 6.64. The van der Waals surface area contributed by atoms with Gasteiger partial charge in [0.1, 0.15) is 0 Å². The standard InChI is InChI=1S/C15H23N5O/c1-18-5-7-20(8-6-18)17-10-15(21)12-3-4-14-13(9-12)16-11-19(14)2/h3-4,9,11,15,17,21H,5-8,10H2,1-2H3. The summed E-state index contributed by atoms with van der Waals surface area (Å²) in [6.45, 7) is 4.62. The maximum Gasteiger partial charge on any atom is 0.0955 e. The smallest absolute Gasteiger partial charge is 0.0955 e. The van der Waals surface area contributed by atoms with Crippen LogP contribution in [0, 0.1) is 0 Å². The lowest BCUT2D eigenvalue weighted by atomic mass is 10.1. The highest BCUT2D eigenvalue weighted by Gasteiger charge is 2.15. The molecule has 21 heavy (non-hydrogen) atoms. The number of nitrogens with one attached hydrogen (secondary N) is 1. The molecule has 6 nitrogen and oxygen atoms in total. The third kappa shape index (κ3) is 3.24. The zero-order valence-electron chi connectivity index (χ0n) is 12.7. The monoisotopic (exact) mass is 289 g/mol. The predicted octanol–water partition coefficient (Wildman–Crippen LogP) is 0.359. The Morgan fingerprint density at radius 1 is 1.24 bits per heavy atom. The third-order valence-corrected chi connectivity index (χ3v) is 4.15. The van der Waals surface area contributed by atoms with E-state index in [1.54, 1.807) is 6.33 Å². The van der Waals surface area contributed by atoms with E-state index in [0.29, 0.717) is 6.54 Å². The highest BCUT2D eigenvalue weighted by molar-refractivity contribution is 5.76. The second-order valence-corrected chi connectivity index (χ2v) is 5.77. The van der Waals surface area contributed by atoms with E-state index in [4.69, 9.17) is 0 Å². The molecule has 0 amide bonds. The van der Waals surface area contributed by atoms with E-state index in [1.165, 1.54) is 0 Å². The van der Waals surface area contributed by atoms with Crippen LogP contribution in [0.25, 0.3) is 11.0 Å². The van der Waals surface area contributed by atoms with Crippen molar-refractivity contribution in [1.29, 1.82) is 0 Å². The molecule has 2 N–H and O–H groups in total. The quantitative estimate of drug-likeness (QED) is 0.851. The Kier molecular flexibility index (Phi) is 4.21. The number of fused-ring (bicyclic) bond motifs is 1. The van der Waals surface area contributed by atoms with Gasteiger partial charge in [0.05, 0.1) is 23.5 Å². The van der Waals surface area contributed by atoms with E-state index in [2.05, 4.69) is 27.4 Å². The molecule has 1 aliphatic heterocycles. The van der Waals surface area contributed by atoms with Crippen molar-refractivity contribution in [3.8, 4) is 0 Å². The molecule has 3 rings (SSSR count). The third-order valence-electron chi connectivity index (χ3n) is 4.15. The maximum atomic E-state index is 10.3. The van der Waals surface area contributed by atoms with Crippen LogP contribution in [0.5, 0.6) is 0 Å². The van der Waals surface area contributed by atoms with Crippen molar-refractivity contribution in [2.24, 2.45) is 7.05 Å². The molecule has 1 atom stereocenters. The number of benzene rings is 1. The number of aromatic nitrogens is 2. The van der Waals surface area contributed by atoms with Gasteiger partial charge in [0.15, 0.2) is 0 Å². The second kappa shape index (κ2) is 6.11. The molecule has 0 aliphatic carbocycles. The van der Waals surface area contributed by atoms with Crippen LogP contribution in [-0.2, 0) is 7.05 Å². The lowest BCUT2D eigenvalue weighted by molar-refractivity contribution is 0.0744. The molecule has 1 aromatic carbocycles. The molecule has 1 saturated heterocycles. The molecular formula is C15H23N5O. The normalized spacial score (nSPS) is 19.2. The number of aliphatic hydroxyl groups excluding tert-OH is 1. The first-order chi connectivity index (χ1) is 10.1. The van der Waals surface area contributed by atoms with Gasteiger partial charge in [0.2, 0.25) is 0 Å². The second-order valence-electron chi connectivity index (χ2n) is 5.77. The summed E-state index contributed by atoms with van der Waals surface area (Å²) in [6.07, 6.45) is 1.28. The minimum Gasteiger partial charge on any atom is -0.387 e. The first kappa shape index (κ1) is 14.5. The van der Waals surface area contributed by atoms with Gasteiger partial charge in [-0.15, -0.1) is 0 Å². The van der Waals surface area contributed by atoms with Crippen LogP contribution in [0.2, 0.25) is 0 Å². The average Bonchev–Trinajstić information content (AvgIpc) is 2.87. The molecule has 2 heterocycles. The number of rotatable bonds is 4. The SMILES string of the molecule is CN1CCN(NCC(O)c2ccc3c(c2)ncn3C)CC1. The minimum atomic E-state index is -0.518. The highest BCUT2D eigenvalue weighted by atomic mass is 16.3. The van der Waals surface area contributed by atoms with Crippen LogP contribution in [0.1, 0.15) is 11.7 Å². The Morgan fingerprint density at radius 2 is 2.00 bits per heavy atom. The fourth-order valence-electron chi connectivity index (χ4n) is 2.66. The van der Waals surface area contributed by atoms with E-state index < -0.39 is 6.10 Å². The van der Waals surface area contributed by atoms with Gasteiger partial charge in [-0.2, -0.15) is 0 Å². The van der Waals surface area contributed by atoms with Crippen molar-refractivity contribution in [1.82, 2.24) is 24.9 Å². The fraction of sp³-hybridized carbons (Fsp3) is 0.533. The number of hydrogen-bond donors (Lipinski definition) is 2. The number of aryl methyl sites for hydroxylation is 1. The Morgan fingerprint density at radius 3 is 2.76 bits per heavy atom. The van der Waals surface area contributed by atoms with Crippen LogP contribution in [0.3, 0.4) is 0 Å². The van der Waals surface area contributed by atoms with Crippen molar-refractivity contribution >= 4 is 11.0 Å². The minimum absolute atomic E-state index is 0.518. The van der Waals surface area contributed by atoms with Gasteiger partial charge < -0.3 is 14.6 Å². The molecule has 114 valence electrons. The van der Waals surface area contributed by atoms with E-state index >= 15 is 0 Å². The van der Waals surface area contributed by atoms with Gasteiger partial charge in [-0.05, 0) is 24.7 Å². The average molecular weight is 289 g/mol. The fourth-order valence-corrected chi connectivity index (χ4v) is 2.66. The largest absolute Gasteiger partial charge is 0.387 e. The lowest BCUT2D eigenvalue weighted by Gasteiger charge is -2.33. The summed E-state index contributed by atoms with van der Waals surface area (Å²) in [5.41, 5.74) is 6.24. The van der Waals surface area contributed by atoms with Crippen LogP contribution >= 0.6 is 0 Å². The molecule has 0 saturated carbocycles. The Balaban J connectivity index is 1.60. The number of imidazole rings is 1. The Hall–Kier alpha value is -1.47. The van der Waals surface area contributed by atoms with E-state index in [9.17, 15) is 5.11 Å². The molecule has 0 radical (unpaired) electrons. The number of aliphatic hydroxyl groups is 1. The highest BCUT2D eigenvalue weighted by Crippen LogP contribution is 2.19. The Bertz CT molecular complexity index is 603. The van der Waals surface area contributed by atoms with Crippen molar-refractivity contribution in [3.05, 3.63) is 30.1 Å². The first-order valence-electron chi connectivity index (χ1n) is 7.39. The topological polar surface area (TPSA) is 56.6 Å². The van der Waals surface area contributed by atoms with Crippen LogP contribution in [-0.4, -0.2) is 64.3 Å². The number of piperazine rings is 1. The van der Waals surface area contributed by atoms with Crippen molar-refractivity contribution in [3.63, 3.8) is 0 Å². The van der Waals surface area contributed by atoms with Crippen LogP contribution in [0.15, 0.2) is 24.5 Å². The van der Waals surface area contributed by atoms with Crippen LogP contribution in [0.4, 0.5) is 0 Å². The zero-order valence-corrected chi connectivity index (χ0v) is 12.7. The summed E-state index contributed by atoms with van der Waals surface area (Å²) in [7, 11) is 4.11. The maximum absolute atomic E-state index is 10.3. The molecule has 0 spiro atoms. The van der Waals surface area contributed by atoms with Gasteiger partial charge in [-0.3, -0.25) is 5.43 Å². The van der Waals surface area contributed by atoms with Gasteiger partial charge in [0, 0.05) is 39.8 Å². The molecule has 2 aromatic rings. The molecule has 0 bridgehead atoms. The summed E-state index contributed by atoms with van der Waals surface area (Å²) in [6, 6.07) is 5.95. The van der Waals surface area contributed by atoms with Crippen molar-refractivity contribution < 1.29 is 5.11 Å². The summed E-state index contributed by atoms with van der Waals surface area (Å²) in [5.74, 6) is 0. The summed E-state index contributed by atoms with van der Waals surface area (Å²) < 4.78 is 1.98. The van der Waals surface area contributed by atoms with E-state index in [1.807, 2.05) is 29.8 Å². The van der Waals surface area contributed by atoms with Crippen molar-refractivity contribution in [2.45, 2.75) is 6.10 Å². The number of nitrogens with zero attached hydrogens (tertiary/aromatic N) is 4. The predicted molar refractivity (Wildman–Crippen MR) is 82.7 cm³/mol. The molecule has 6 heteroatoms. The molecule has 1 aliphatic rings. The number of hydrogen-bond acceptors (Lipinski definition) is 5. The zero-order chi connectivity index (χ0) is 14.8. The molecule has 1 fully saturated rings. The van der Waals surface area contributed by atoms with Gasteiger partial charge in [0.25, 0.3) is 0 Å². The van der Waals surface area contributed by atoms with Gasteiger partial charge in [-0.1, -0.05) is 6.07 Å². The van der Waals surface area contributed by atoms with Gasteiger partial charge >= 0.3 is 0 Å². The lowest BCUT2D eigenvalue weighted by Crippen LogP contribution is -2.51. The summed E-state index contributed by atoms with van der Waals surface area (Å²) >= 11 is 0. The molecular weight excluding hydrogens is 266 g/mol. The first-order valence-corrected chi connectivity index (χ1v) is 7.39. The molecule has 1 unspecified atom stereocenters. The van der Waals surface area contributed by atoms with E-state index in [-0.39, 0.29) is 0 Å². The number of likely N-dealkylation sites (N-methyl/N-ethyl adjacent to an activating group) is 1. The van der Waals surface area contributed by atoms with Crippen molar-refractivity contribution in [2.75, 3.05) is 39.8 Å². The van der Waals surface area contributed by atoms with Crippen LogP contribution < -0.4 is 5.43 Å². The number of hydrazine groups is 1. The van der Waals surface area contributed by atoms with E-state index in [0.717, 1.165) is 42.8 Å².